The first kappa shape index (κ1) is 30.6. The summed E-state index contributed by atoms with van der Waals surface area (Å²) in [6, 6.07) is -5.97. The van der Waals surface area contributed by atoms with Gasteiger partial charge in [-0.15, -0.1) is 0 Å². The molecule has 4 unspecified atom stereocenters. The van der Waals surface area contributed by atoms with Crippen LogP contribution >= 0.6 is 11.8 Å². The molecule has 0 bridgehead atoms. The van der Waals surface area contributed by atoms with E-state index in [0.29, 0.717) is 5.75 Å². The molecule has 0 spiro atoms. The maximum Gasteiger partial charge on any atom is 0.326 e. The van der Waals surface area contributed by atoms with Gasteiger partial charge in [-0.05, 0) is 24.9 Å². The highest BCUT2D eigenvalue weighted by Gasteiger charge is 2.31. The molecule has 0 aromatic heterocycles. The number of thioether (sulfide) groups is 1. The Morgan fingerprint density at radius 2 is 1.24 bits per heavy atom. The second-order valence-electron chi connectivity index (χ2n) is 7.11. The standard InChI is InChI=1S/C18H29N5O10S/c1-34-5-4-10(21-15(29)8(19)6-13(25)26)17(31)22-9(2-3-12(20)24)16(30)23-11(18(32)33)7-14(27)28/h8-11H,2-7,19H2,1H3,(H2,20,24)(H,21,29)(H,22,31)(H,23,30)(H,25,26)(H,27,28)(H,32,33). The van der Waals surface area contributed by atoms with Crippen molar-refractivity contribution in [1.82, 2.24) is 16.0 Å². The summed E-state index contributed by atoms with van der Waals surface area (Å²) >= 11 is 1.33. The smallest absolute Gasteiger partial charge is 0.326 e. The number of carboxylic acid groups (broad SMARTS) is 3. The number of aliphatic carboxylic acids is 3. The van der Waals surface area contributed by atoms with E-state index in [9.17, 15) is 33.6 Å². The number of hydrogen-bond acceptors (Lipinski definition) is 9. The fraction of sp³-hybridized carbons (Fsp3) is 0.611. The number of nitrogens with two attached hydrogens (primary N) is 2. The Labute approximate surface area is 198 Å². The Morgan fingerprint density at radius 3 is 1.68 bits per heavy atom. The Hall–Kier alpha value is -3.40. The molecule has 0 aliphatic carbocycles. The Morgan fingerprint density at radius 1 is 0.765 bits per heavy atom. The van der Waals surface area contributed by atoms with Crippen LogP contribution in [0.1, 0.15) is 32.1 Å². The largest absolute Gasteiger partial charge is 0.481 e. The number of carboxylic acids is 3. The summed E-state index contributed by atoms with van der Waals surface area (Å²) < 4.78 is 0. The zero-order valence-electron chi connectivity index (χ0n) is 18.3. The van der Waals surface area contributed by atoms with E-state index in [-0.39, 0.29) is 19.3 Å². The summed E-state index contributed by atoms with van der Waals surface area (Å²) in [5, 5.41) is 33.2. The summed E-state index contributed by atoms with van der Waals surface area (Å²) in [7, 11) is 0. The van der Waals surface area contributed by atoms with Crippen molar-refractivity contribution in [2.75, 3.05) is 12.0 Å². The lowest BCUT2D eigenvalue weighted by Gasteiger charge is -2.24. The van der Waals surface area contributed by atoms with Gasteiger partial charge in [0.1, 0.15) is 18.1 Å². The van der Waals surface area contributed by atoms with Gasteiger partial charge in [0.2, 0.25) is 23.6 Å². The molecule has 0 aromatic rings. The molecule has 4 amide bonds. The van der Waals surface area contributed by atoms with Crippen LogP contribution in [0.25, 0.3) is 0 Å². The van der Waals surface area contributed by atoms with E-state index in [4.69, 9.17) is 26.8 Å². The molecule has 192 valence electrons. The van der Waals surface area contributed by atoms with Crippen molar-refractivity contribution < 1.29 is 48.9 Å². The summed E-state index contributed by atoms with van der Waals surface area (Å²) in [4.78, 5) is 81.5. The zero-order valence-corrected chi connectivity index (χ0v) is 19.1. The molecule has 0 aliphatic rings. The van der Waals surface area contributed by atoms with E-state index in [1.165, 1.54) is 11.8 Å². The Balaban J connectivity index is 5.56. The van der Waals surface area contributed by atoms with Crippen LogP contribution in [-0.2, 0) is 33.6 Å². The first-order valence-electron chi connectivity index (χ1n) is 9.88. The van der Waals surface area contributed by atoms with Gasteiger partial charge >= 0.3 is 17.9 Å². The molecule has 15 nitrogen and oxygen atoms in total. The van der Waals surface area contributed by atoms with Crippen molar-refractivity contribution in [3.8, 4) is 0 Å². The van der Waals surface area contributed by atoms with Crippen LogP contribution in [0, 0.1) is 0 Å². The molecule has 16 heteroatoms. The van der Waals surface area contributed by atoms with Crippen LogP contribution in [0.3, 0.4) is 0 Å². The first-order chi connectivity index (χ1) is 15.8. The highest BCUT2D eigenvalue weighted by atomic mass is 32.2. The highest BCUT2D eigenvalue weighted by molar-refractivity contribution is 7.98. The Kier molecular flexibility index (Phi) is 13.9. The minimum Gasteiger partial charge on any atom is -0.481 e. The van der Waals surface area contributed by atoms with Crippen molar-refractivity contribution in [1.29, 1.82) is 0 Å². The van der Waals surface area contributed by atoms with Crippen LogP contribution in [0.2, 0.25) is 0 Å². The molecular formula is C18H29N5O10S. The SMILES string of the molecule is CSCCC(NC(=O)C(N)CC(=O)O)C(=O)NC(CCC(N)=O)C(=O)NC(CC(=O)O)C(=O)O. The molecule has 0 radical (unpaired) electrons. The van der Waals surface area contributed by atoms with E-state index in [1.807, 2.05) is 5.32 Å². The maximum atomic E-state index is 12.8. The summed E-state index contributed by atoms with van der Waals surface area (Å²) in [5.74, 6) is -7.79. The minimum atomic E-state index is -1.81. The number of carbonyl (C=O) groups is 7. The highest BCUT2D eigenvalue weighted by Crippen LogP contribution is 2.06. The normalized spacial score (nSPS) is 14.1. The molecular weight excluding hydrogens is 478 g/mol. The quantitative estimate of drug-likeness (QED) is 0.0968. The van der Waals surface area contributed by atoms with Gasteiger partial charge in [-0.2, -0.15) is 11.8 Å². The molecule has 0 rings (SSSR count). The number of amides is 4. The third-order valence-electron chi connectivity index (χ3n) is 4.28. The van der Waals surface area contributed by atoms with Gasteiger partial charge in [-0.1, -0.05) is 0 Å². The van der Waals surface area contributed by atoms with E-state index < -0.39 is 78.5 Å². The van der Waals surface area contributed by atoms with Crippen LogP contribution in [0.4, 0.5) is 0 Å². The number of rotatable bonds is 17. The molecule has 0 saturated carbocycles. The van der Waals surface area contributed by atoms with E-state index in [2.05, 4.69) is 10.6 Å². The lowest BCUT2D eigenvalue weighted by atomic mass is 10.1. The third-order valence-corrected chi connectivity index (χ3v) is 4.92. The van der Waals surface area contributed by atoms with Gasteiger partial charge in [-0.25, -0.2) is 4.79 Å². The van der Waals surface area contributed by atoms with Gasteiger partial charge in [0.25, 0.3) is 0 Å². The molecule has 4 atom stereocenters. The van der Waals surface area contributed by atoms with E-state index in [0.717, 1.165) is 0 Å². The van der Waals surface area contributed by atoms with E-state index >= 15 is 0 Å². The molecule has 0 saturated heterocycles. The second-order valence-corrected chi connectivity index (χ2v) is 8.10. The van der Waals surface area contributed by atoms with Crippen LogP contribution in [0.5, 0.6) is 0 Å². The Bertz CT molecular complexity index is 793. The third kappa shape index (κ3) is 12.6. The second kappa shape index (κ2) is 15.4. The average molecular weight is 508 g/mol. The van der Waals surface area contributed by atoms with Crippen molar-refractivity contribution in [3.05, 3.63) is 0 Å². The number of carbonyl (C=O) groups excluding carboxylic acids is 4. The summed E-state index contributed by atoms with van der Waals surface area (Å²) in [5.41, 5.74) is 10.6. The predicted octanol–water partition coefficient (Wildman–Crippen LogP) is -3.18. The lowest BCUT2D eigenvalue weighted by molar-refractivity contribution is -0.147. The van der Waals surface area contributed by atoms with Gasteiger partial charge < -0.3 is 42.7 Å². The van der Waals surface area contributed by atoms with E-state index in [1.54, 1.807) is 6.26 Å². The minimum absolute atomic E-state index is 0.0689. The number of nitrogens with one attached hydrogen (secondary N) is 3. The van der Waals surface area contributed by atoms with Crippen molar-refractivity contribution >= 4 is 53.3 Å². The number of hydrogen-bond donors (Lipinski definition) is 8. The predicted molar refractivity (Wildman–Crippen MR) is 117 cm³/mol. The summed E-state index contributed by atoms with van der Waals surface area (Å²) in [6.07, 6.45) is -0.545. The van der Waals surface area contributed by atoms with Crippen molar-refractivity contribution in [2.24, 2.45) is 11.5 Å². The van der Waals surface area contributed by atoms with Crippen LogP contribution < -0.4 is 27.4 Å². The molecule has 0 aliphatic heterocycles. The number of primary amides is 1. The summed E-state index contributed by atoms with van der Waals surface area (Å²) in [6.45, 7) is 0. The average Bonchev–Trinajstić information content (AvgIpc) is 2.71. The lowest BCUT2D eigenvalue weighted by Crippen LogP contribution is -2.57. The van der Waals surface area contributed by atoms with Gasteiger partial charge in [-0.3, -0.25) is 28.8 Å². The van der Waals surface area contributed by atoms with Crippen LogP contribution in [-0.4, -0.2) is 93.0 Å². The monoisotopic (exact) mass is 507 g/mol. The maximum absolute atomic E-state index is 12.8. The van der Waals surface area contributed by atoms with Gasteiger partial charge in [0.05, 0.1) is 18.9 Å². The molecule has 10 N–H and O–H groups in total. The molecule has 0 heterocycles. The van der Waals surface area contributed by atoms with Crippen molar-refractivity contribution in [3.63, 3.8) is 0 Å². The van der Waals surface area contributed by atoms with Crippen molar-refractivity contribution in [2.45, 2.75) is 56.3 Å². The van der Waals surface area contributed by atoms with Crippen LogP contribution in [0.15, 0.2) is 0 Å². The fourth-order valence-corrected chi connectivity index (χ4v) is 3.01. The first-order valence-corrected chi connectivity index (χ1v) is 11.3. The fourth-order valence-electron chi connectivity index (χ4n) is 2.54. The molecule has 0 fully saturated rings. The topological polar surface area (TPSA) is 268 Å². The molecule has 0 aromatic carbocycles. The van der Waals surface area contributed by atoms with Gasteiger partial charge in [0, 0.05) is 6.42 Å². The zero-order chi connectivity index (χ0) is 26.4. The molecule has 34 heavy (non-hydrogen) atoms. The van der Waals surface area contributed by atoms with Gasteiger partial charge in [0.15, 0.2) is 0 Å².